The van der Waals surface area contributed by atoms with Gasteiger partial charge in [0.2, 0.25) is 0 Å². The number of hydrogen-bond acceptors (Lipinski definition) is 5. The van der Waals surface area contributed by atoms with Crippen LogP contribution in [0.5, 0.6) is 11.5 Å². The molecule has 1 heterocycles. The van der Waals surface area contributed by atoms with E-state index in [0.29, 0.717) is 34.7 Å². The summed E-state index contributed by atoms with van der Waals surface area (Å²) in [4.78, 5) is 26.2. The first-order valence-corrected chi connectivity index (χ1v) is 9.21. The lowest BCUT2D eigenvalue weighted by atomic mass is 10.1. The van der Waals surface area contributed by atoms with Gasteiger partial charge in [0.05, 0.1) is 17.7 Å². The number of rotatable bonds is 7. The van der Waals surface area contributed by atoms with E-state index < -0.39 is 11.8 Å². The minimum atomic E-state index is -0.548. The van der Waals surface area contributed by atoms with Gasteiger partial charge in [-0.05, 0) is 54.1 Å². The second kappa shape index (κ2) is 8.95. The zero-order chi connectivity index (χ0) is 19.3. The number of carbonyl (C=O) groups excluding carboxylic acids is 2. The van der Waals surface area contributed by atoms with Gasteiger partial charge in [0.25, 0.3) is 11.8 Å². The predicted molar refractivity (Wildman–Crippen MR) is 107 cm³/mol. The number of ether oxygens (including phenoxy) is 2. The van der Waals surface area contributed by atoms with Crippen molar-refractivity contribution in [2.75, 3.05) is 19.8 Å². The number of nitrogens with one attached hydrogen (secondary N) is 1. The minimum Gasteiger partial charge on any atom is -0.493 e. The molecule has 8 heteroatoms. The van der Waals surface area contributed by atoms with Gasteiger partial charge in [-0.3, -0.25) is 19.8 Å². The number of benzene rings is 1. The summed E-state index contributed by atoms with van der Waals surface area (Å²) in [5.41, 5.74) is 0.546. The molecule has 1 N–H and O–H groups in total. The summed E-state index contributed by atoms with van der Waals surface area (Å²) in [5.74, 6) is 0.0986. The van der Waals surface area contributed by atoms with Gasteiger partial charge in [-0.2, -0.15) is 0 Å². The Hall–Kier alpha value is -2.19. The van der Waals surface area contributed by atoms with Crippen LogP contribution in [0.4, 0.5) is 0 Å². The number of carbonyl (C=O) groups is 2. The number of nitrogens with zero attached hydrogens (tertiary/aromatic N) is 1. The Bertz CT molecular complexity index is 792. The number of amides is 2. The molecule has 0 spiro atoms. The van der Waals surface area contributed by atoms with Gasteiger partial charge in [0.1, 0.15) is 17.1 Å². The van der Waals surface area contributed by atoms with E-state index in [1.807, 2.05) is 13.8 Å². The molecule has 1 aliphatic rings. The van der Waals surface area contributed by atoms with Crippen LogP contribution in [-0.4, -0.2) is 41.6 Å². The normalized spacial score (nSPS) is 15.9. The average Bonchev–Trinajstić information content (AvgIpc) is 2.59. The molecule has 0 unspecified atom stereocenters. The van der Waals surface area contributed by atoms with Gasteiger partial charge in [-0.25, -0.2) is 0 Å². The summed E-state index contributed by atoms with van der Waals surface area (Å²) in [6.45, 7) is 8.47. The summed E-state index contributed by atoms with van der Waals surface area (Å²) in [6.07, 6.45) is 3.03. The molecule has 0 saturated carbocycles. The Morgan fingerprint density at radius 3 is 2.50 bits per heavy atom. The van der Waals surface area contributed by atoms with E-state index in [2.05, 4.69) is 27.8 Å². The molecular formula is C18H19BrN2O4S. The fourth-order valence-corrected chi connectivity index (χ4v) is 3.08. The third-order valence-electron chi connectivity index (χ3n) is 3.46. The fourth-order valence-electron chi connectivity index (χ4n) is 2.35. The largest absolute Gasteiger partial charge is 0.493 e. The highest BCUT2D eigenvalue weighted by molar-refractivity contribution is 9.10. The van der Waals surface area contributed by atoms with Crippen LogP contribution >= 0.6 is 28.1 Å². The standard InChI is InChI=1S/C18H19BrN2O4S/c1-4-7-21-17(23)12(16(22)20-18(21)26)8-11-9-13(19)15(25-6-3)10-14(11)24-5-2/h4,8-10H,1,5-7H2,2-3H3,(H,20,22,26)/b12-8+. The molecule has 1 aromatic carbocycles. The Kier molecular flexibility index (Phi) is 6.93. The van der Waals surface area contributed by atoms with Crippen molar-refractivity contribution in [3.05, 3.63) is 40.4 Å². The first-order chi connectivity index (χ1) is 12.4. The van der Waals surface area contributed by atoms with Gasteiger partial charge in [0.15, 0.2) is 5.11 Å². The van der Waals surface area contributed by atoms with Crippen molar-refractivity contribution in [1.29, 1.82) is 0 Å². The van der Waals surface area contributed by atoms with Gasteiger partial charge < -0.3 is 9.47 Å². The van der Waals surface area contributed by atoms with Gasteiger partial charge in [0, 0.05) is 18.2 Å². The number of hydrogen-bond donors (Lipinski definition) is 1. The van der Waals surface area contributed by atoms with Crippen LogP contribution in [0, 0.1) is 0 Å². The van der Waals surface area contributed by atoms with Crippen LogP contribution in [-0.2, 0) is 9.59 Å². The molecule has 26 heavy (non-hydrogen) atoms. The first kappa shape index (κ1) is 20.1. The molecule has 0 aromatic heterocycles. The molecule has 2 amide bonds. The van der Waals surface area contributed by atoms with Gasteiger partial charge in [-0.1, -0.05) is 6.08 Å². The van der Waals surface area contributed by atoms with E-state index in [0.717, 1.165) is 0 Å². The quantitative estimate of drug-likeness (QED) is 0.306. The second-order valence-corrected chi connectivity index (χ2v) is 6.45. The zero-order valence-electron chi connectivity index (χ0n) is 14.5. The van der Waals surface area contributed by atoms with Gasteiger partial charge >= 0.3 is 0 Å². The lowest BCUT2D eigenvalue weighted by Gasteiger charge is -2.28. The summed E-state index contributed by atoms with van der Waals surface area (Å²) in [7, 11) is 0. The monoisotopic (exact) mass is 438 g/mol. The van der Waals surface area contributed by atoms with Crippen molar-refractivity contribution in [3.63, 3.8) is 0 Å². The number of halogens is 1. The second-order valence-electron chi connectivity index (χ2n) is 5.21. The average molecular weight is 439 g/mol. The Morgan fingerprint density at radius 1 is 1.23 bits per heavy atom. The number of thiocarbonyl (C=S) groups is 1. The minimum absolute atomic E-state index is 0.0301. The van der Waals surface area contributed by atoms with Crippen molar-refractivity contribution in [3.8, 4) is 11.5 Å². The van der Waals surface area contributed by atoms with Crippen LogP contribution in [0.25, 0.3) is 6.08 Å². The Balaban J connectivity index is 2.50. The van der Waals surface area contributed by atoms with Crippen LogP contribution in [0.3, 0.4) is 0 Å². The highest BCUT2D eigenvalue weighted by Gasteiger charge is 2.32. The molecule has 1 aliphatic heterocycles. The summed E-state index contributed by atoms with van der Waals surface area (Å²) in [5, 5.41) is 2.58. The van der Waals surface area contributed by atoms with Crippen molar-refractivity contribution in [2.45, 2.75) is 13.8 Å². The van der Waals surface area contributed by atoms with Crippen molar-refractivity contribution < 1.29 is 19.1 Å². The molecule has 0 radical (unpaired) electrons. The molecule has 2 rings (SSSR count). The summed E-state index contributed by atoms with van der Waals surface area (Å²) >= 11 is 8.48. The highest BCUT2D eigenvalue weighted by Crippen LogP contribution is 2.35. The third kappa shape index (κ3) is 4.31. The van der Waals surface area contributed by atoms with E-state index in [4.69, 9.17) is 21.7 Å². The lowest BCUT2D eigenvalue weighted by Crippen LogP contribution is -2.53. The fraction of sp³-hybridized carbons (Fsp3) is 0.278. The molecule has 1 aromatic rings. The molecule has 6 nitrogen and oxygen atoms in total. The SMILES string of the molecule is C=CCN1C(=O)/C(=C/c2cc(Br)c(OCC)cc2OCC)C(=O)NC1=S. The van der Waals surface area contributed by atoms with E-state index in [1.165, 1.54) is 11.0 Å². The molecular weight excluding hydrogens is 420 g/mol. The molecule has 0 bridgehead atoms. The maximum absolute atomic E-state index is 12.6. The van der Waals surface area contributed by atoms with E-state index in [1.54, 1.807) is 18.2 Å². The van der Waals surface area contributed by atoms with Crippen molar-refractivity contribution in [1.82, 2.24) is 10.2 Å². The van der Waals surface area contributed by atoms with E-state index in [9.17, 15) is 9.59 Å². The maximum Gasteiger partial charge on any atom is 0.265 e. The topological polar surface area (TPSA) is 67.9 Å². The van der Waals surface area contributed by atoms with E-state index >= 15 is 0 Å². The molecule has 0 atom stereocenters. The third-order valence-corrected chi connectivity index (χ3v) is 4.40. The first-order valence-electron chi connectivity index (χ1n) is 8.01. The molecule has 1 fully saturated rings. The van der Waals surface area contributed by atoms with Gasteiger partial charge in [-0.15, -0.1) is 6.58 Å². The van der Waals surface area contributed by atoms with E-state index in [-0.39, 0.29) is 17.2 Å². The van der Waals surface area contributed by atoms with Crippen LogP contribution < -0.4 is 14.8 Å². The highest BCUT2D eigenvalue weighted by atomic mass is 79.9. The van der Waals surface area contributed by atoms with Crippen LogP contribution in [0.1, 0.15) is 19.4 Å². The smallest absolute Gasteiger partial charge is 0.265 e. The summed E-state index contributed by atoms with van der Waals surface area (Å²) < 4.78 is 11.9. The molecule has 138 valence electrons. The van der Waals surface area contributed by atoms with Crippen molar-refractivity contribution in [2.24, 2.45) is 0 Å². The Morgan fingerprint density at radius 2 is 1.88 bits per heavy atom. The van der Waals surface area contributed by atoms with Crippen LogP contribution in [0.2, 0.25) is 0 Å². The van der Waals surface area contributed by atoms with Crippen molar-refractivity contribution >= 4 is 51.2 Å². The zero-order valence-corrected chi connectivity index (χ0v) is 16.9. The predicted octanol–water partition coefficient (Wildman–Crippen LogP) is 3.06. The lowest BCUT2D eigenvalue weighted by molar-refractivity contribution is -0.128. The molecule has 1 saturated heterocycles. The molecule has 0 aliphatic carbocycles. The Labute approximate surface area is 166 Å². The summed E-state index contributed by atoms with van der Waals surface area (Å²) in [6, 6.07) is 3.47. The van der Waals surface area contributed by atoms with Crippen LogP contribution in [0.15, 0.2) is 34.8 Å². The maximum atomic E-state index is 12.6.